The maximum atomic E-state index is 11.4. The molecule has 1 heterocycles. The maximum Gasteiger partial charge on any atom is 0.315 e. The van der Waals surface area contributed by atoms with Gasteiger partial charge in [-0.1, -0.05) is 6.08 Å². The van der Waals surface area contributed by atoms with Gasteiger partial charge in [-0.25, -0.2) is 4.79 Å². The number of rotatable bonds is 2. The number of ether oxygens (including phenoxy) is 1. The SMILES string of the molecule is [2H]C1(C2CNCCN2C(N)=O)C=CC(OC)=CC1. The molecule has 0 spiro atoms. The van der Waals surface area contributed by atoms with E-state index >= 15 is 0 Å². The zero-order chi connectivity index (χ0) is 13.2. The molecule has 2 amide bonds. The average Bonchev–Trinajstić information content (AvgIpc) is 2.39. The number of primary amides is 1. The molecule has 0 radical (unpaired) electrons. The van der Waals surface area contributed by atoms with E-state index < -0.39 is 11.9 Å². The number of carbonyl (C=O) groups is 1. The fourth-order valence-electron chi connectivity index (χ4n) is 2.24. The summed E-state index contributed by atoms with van der Waals surface area (Å²) in [5, 5.41) is 3.21. The number of hydrogen-bond donors (Lipinski definition) is 2. The van der Waals surface area contributed by atoms with Gasteiger partial charge in [0.15, 0.2) is 0 Å². The van der Waals surface area contributed by atoms with Crippen LogP contribution >= 0.6 is 0 Å². The Balaban J connectivity index is 2.17. The van der Waals surface area contributed by atoms with E-state index in [1.54, 1.807) is 24.2 Å². The van der Waals surface area contributed by atoms with E-state index in [0.717, 1.165) is 12.3 Å². The van der Waals surface area contributed by atoms with Gasteiger partial charge in [-0.3, -0.25) is 0 Å². The van der Waals surface area contributed by atoms with Gasteiger partial charge in [0, 0.05) is 26.9 Å². The topological polar surface area (TPSA) is 67.6 Å². The minimum absolute atomic E-state index is 0.241. The molecular formula is C12H19N3O2. The summed E-state index contributed by atoms with van der Waals surface area (Å²) in [4.78, 5) is 13.0. The molecule has 3 N–H and O–H groups in total. The van der Waals surface area contributed by atoms with Crippen molar-refractivity contribution in [2.75, 3.05) is 26.7 Å². The van der Waals surface area contributed by atoms with Gasteiger partial charge in [0.2, 0.25) is 0 Å². The second-order valence-corrected chi connectivity index (χ2v) is 4.17. The molecule has 5 nitrogen and oxygen atoms in total. The quantitative estimate of drug-likeness (QED) is 0.733. The molecule has 0 aromatic carbocycles. The van der Waals surface area contributed by atoms with E-state index in [1.165, 1.54) is 0 Å². The summed E-state index contributed by atoms with van der Waals surface area (Å²) in [6.07, 6.45) is 5.97. The third kappa shape index (κ3) is 2.61. The third-order valence-corrected chi connectivity index (χ3v) is 3.19. The van der Waals surface area contributed by atoms with E-state index in [-0.39, 0.29) is 6.04 Å². The predicted molar refractivity (Wildman–Crippen MR) is 65.3 cm³/mol. The van der Waals surface area contributed by atoms with Crippen LogP contribution in [0.3, 0.4) is 0 Å². The van der Waals surface area contributed by atoms with Crippen molar-refractivity contribution in [3.8, 4) is 0 Å². The molecule has 1 fully saturated rings. The number of nitrogens with zero attached hydrogens (tertiary/aromatic N) is 1. The van der Waals surface area contributed by atoms with Crippen LogP contribution in [0, 0.1) is 5.89 Å². The number of urea groups is 1. The first kappa shape index (κ1) is 10.7. The van der Waals surface area contributed by atoms with Crippen molar-refractivity contribution in [1.82, 2.24) is 10.2 Å². The fourth-order valence-corrected chi connectivity index (χ4v) is 2.24. The Kier molecular flexibility index (Phi) is 3.27. The van der Waals surface area contributed by atoms with Crippen LogP contribution in [0.2, 0.25) is 0 Å². The number of methoxy groups -OCH3 is 1. The number of amides is 2. The molecule has 2 aliphatic rings. The molecule has 1 aliphatic carbocycles. The summed E-state index contributed by atoms with van der Waals surface area (Å²) >= 11 is 0. The lowest BCUT2D eigenvalue weighted by Crippen LogP contribution is -2.57. The zero-order valence-electron chi connectivity index (χ0n) is 11.0. The summed E-state index contributed by atoms with van der Waals surface area (Å²) in [6, 6.07) is -0.697. The van der Waals surface area contributed by atoms with Gasteiger partial charge in [0.25, 0.3) is 0 Å². The Morgan fingerprint density at radius 3 is 3.18 bits per heavy atom. The molecule has 2 atom stereocenters. The van der Waals surface area contributed by atoms with Crippen LogP contribution in [0.5, 0.6) is 0 Å². The van der Waals surface area contributed by atoms with Gasteiger partial charge in [0.1, 0.15) is 5.76 Å². The van der Waals surface area contributed by atoms with Crippen molar-refractivity contribution in [3.05, 3.63) is 24.0 Å². The number of allylic oxidation sites excluding steroid dienone is 2. The van der Waals surface area contributed by atoms with Gasteiger partial charge in [-0.15, -0.1) is 0 Å². The minimum Gasteiger partial charge on any atom is -0.497 e. The molecule has 5 heteroatoms. The largest absolute Gasteiger partial charge is 0.497 e. The highest BCUT2D eigenvalue weighted by Gasteiger charge is 2.30. The van der Waals surface area contributed by atoms with Gasteiger partial charge < -0.3 is 20.7 Å². The van der Waals surface area contributed by atoms with Gasteiger partial charge in [-0.2, -0.15) is 0 Å². The second kappa shape index (κ2) is 5.23. The molecule has 1 aliphatic heterocycles. The van der Waals surface area contributed by atoms with Crippen molar-refractivity contribution in [3.63, 3.8) is 0 Å². The first-order valence-corrected chi connectivity index (χ1v) is 5.77. The Morgan fingerprint density at radius 1 is 1.76 bits per heavy atom. The number of nitrogens with one attached hydrogen (secondary N) is 1. The Hall–Kier alpha value is -1.49. The van der Waals surface area contributed by atoms with Gasteiger partial charge >= 0.3 is 6.03 Å². The van der Waals surface area contributed by atoms with Crippen molar-refractivity contribution in [2.24, 2.45) is 11.6 Å². The average molecular weight is 238 g/mol. The zero-order valence-corrected chi connectivity index (χ0v) is 9.98. The lowest BCUT2D eigenvalue weighted by atomic mass is 9.90. The first-order valence-electron chi connectivity index (χ1n) is 6.27. The van der Waals surface area contributed by atoms with E-state index in [2.05, 4.69) is 5.32 Å². The lowest BCUT2D eigenvalue weighted by molar-refractivity contribution is 0.145. The molecule has 0 aromatic heterocycles. The lowest BCUT2D eigenvalue weighted by Gasteiger charge is -2.39. The fraction of sp³-hybridized carbons (Fsp3) is 0.583. The smallest absolute Gasteiger partial charge is 0.315 e. The van der Waals surface area contributed by atoms with Gasteiger partial charge in [0.05, 0.1) is 13.2 Å². The maximum absolute atomic E-state index is 11.4. The summed E-state index contributed by atoms with van der Waals surface area (Å²) in [5.74, 6) is -0.0860. The monoisotopic (exact) mass is 238 g/mol. The standard InChI is InChI=1S/C12H19N3O2/c1-17-10-4-2-9(3-5-10)11-8-14-6-7-15(11)12(13)16/h2,4-5,9,11,14H,3,6-8H2,1H3,(H2,13,16)/i9D. The van der Waals surface area contributed by atoms with E-state index in [9.17, 15) is 4.79 Å². The minimum atomic E-state index is -0.843. The van der Waals surface area contributed by atoms with Crippen molar-refractivity contribution in [1.29, 1.82) is 0 Å². The molecule has 2 rings (SSSR count). The van der Waals surface area contributed by atoms with E-state index in [0.29, 0.717) is 19.5 Å². The van der Waals surface area contributed by atoms with Crippen molar-refractivity contribution < 1.29 is 10.9 Å². The summed E-state index contributed by atoms with van der Waals surface area (Å²) in [6.45, 7) is 1.86. The molecular weight excluding hydrogens is 218 g/mol. The third-order valence-electron chi connectivity index (χ3n) is 3.19. The molecule has 0 bridgehead atoms. The normalized spacial score (nSPS) is 33.9. The predicted octanol–water partition coefficient (Wildman–Crippen LogP) is 0.445. The van der Waals surface area contributed by atoms with Crippen LogP contribution in [-0.4, -0.2) is 43.7 Å². The number of carbonyl (C=O) groups excluding carboxylic acids is 1. The summed E-state index contributed by atoms with van der Waals surface area (Å²) in [5.41, 5.74) is 5.39. The highest BCUT2D eigenvalue weighted by molar-refractivity contribution is 5.72. The molecule has 17 heavy (non-hydrogen) atoms. The van der Waals surface area contributed by atoms with Crippen LogP contribution in [0.1, 0.15) is 7.79 Å². The molecule has 2 unspecified atom stereocenters. The highest BCUT2D eigenvalue weighted by Crippen LogP contribution is 2.24. The number of nitrogens with two attached hydrogens (primary N) is 1. The van der Waals surface area contributed by atoms with E-state index in [4.69, 9.17) is 11.8 Å². The highest BCUT2D eigenvalue weighted by atomic mass is 16.5. The van der Waals surface area contributed by atoms with Crippen molar-refractivity contribution in [2.45, 2.75) is 12.5 Å². The number of piperazine rings is 1. The second-order valence-electron chi connectivity index (χ2n) is 4.17. The summed E-state index contributed by atoms with van der Waals surface area (Å²) < 4.78 is 13.6. The molecule has 94 valence electrons. The molecule has 0 saturated carbocycles. The number of hydrogen-bond acceptors (Lipinski definition) is 3. The Morgan fingerprint density at radius 2 is 2.59 bits per heavy atom. The van der Waals surface area contributed by atoms with Crippen LogP contribution in [0.15, 0.2) is 24.0 Å². The Labute approximate surface area is 103 Å². The first-order chi connectivity index (χ1) is 8.57. The van der Waals surface area contributed by atoms with Crippen LogP contribution < -0.4 is 11.1 Å². The van der Waals surface area contributed by atoms with E-state index in [1.807, 2.05) is 6.08 Å². The summed E-state index contributed by atoms with van der Waals surface area (Å²) in [7, 11) is 1.60. The van der Waals surface area contributed by atoms with Gasteiger partial charge in [-0.05, 0) is 18.6 Å². The van der Waals surface area contributed by atoms with Crippen molar-refractivity contribution >= 4 is 6.03 Å². The van der Waals surface area contributed by atoms with Crippen LogP contribution in [0.4, 0.5) is 4.79 Å². The molecule has 1 saturated heterocycles. The molecule has 0 aromatic rings. The van der Waals surface area contributed by atoms with Crippen LogP contribution in [-0.2, 0) is 4.74 Å². The Bertz CT molecular complexity index is 397. The van der Waals surface area contributed by atoms with Crippen LogP contribution in [0.25, 0.3) is 0 Å².